The number of nitrogens with one attached hydrogen (secondary N) is 1. The monoisotopic (exact) mass is 395 g/mol. The predicted octanol–water partition coefficient (Wildman–Crippen LogP) is 3.35. The van der Waals surface area contributed by atoms with Crippen LogP contribution in [0.1, 0.15) is 44.9 Å². The van der Waals surface area contributed by atoms with Gasteiger partial charge in [0.05, 0.1) is 11.8 Å². The number of benzene rings is 1. The van der Waals surface area contributed by atoms with Crippen molar-refractivity contribution < 1.29 is 14.4 Å². The molecule has 1 aromatic carbocycles. The van der Waals surface area contributed by atoms with Crippen molar-refractivity contribution >= 4 is 29.1 Å². The van der Waals surface area contributed by atoms with Crippen LogP contribution in [0.25, 0.3) is 0 Å². The topological polar surface area (TPSA) is 69.7 Å². The maximum atomic E-state index is 12.5. The normalized spacial score (nSPS) is 24.4. The fraction of sp³-hybridized carbons (Fsp3) is 0.522. The van der Waals surface area contributed by atoms with Gasteiger partial charge in [-0.25, -0.2) is 0 Å². The van der Waals surface area contributed by atoms with E-state index in [0.29, 0.717) is 12.8 Å². The van der Waals surface area contributed by atoms with E-state index in [1.165, 1.54) is 36.3 Å². The maximum Gasteiger partial charge on any atom is 0.233 e. The number of nitrogens with zero attached hydrogens (tertiary/aromatic N) is 2. The van der Waals surface area contributed by atoms with Crippen LogP contribution in [-0.2, 0) is 14.4 Å². The van der Waals surface area contributed by atoms with E-state index in [-0.39, 0.29) is 42.5 Å². The molecule has 4 rings (SSSR count). The van der Waals surface area contributed by atoms with Crippen molar-refractivity contribution in [1.82, 2.24) is 4.90 Å². The number of hydrogen-bond donors (Lipinski definition) is 1. The molecule has 0 aromatic heterocycles. The van der Waals surface area contributed by atoms with Crippen molar-refractivity contribution in [2.45, 2.75) is 44.9 Å². The molecule has 6 nitrogen and oxygen atoms in total. The van der Waals surface area contributed by atoms with Gasteiger partial charge in [-0.2, -0.15) is 0 Å². The molecule has 1 N–H and O–H groups in total. The van der Waals surface area contributed by atoms with Gasteiger partial charge in [0.15, 0.2) is 0 Å². The Balaban J connectivity index is 1.28. The lowest BCUT2D eigenvalue weighted by Gasteiger charge is -2.22. The van der Waals surface area contributed by atoms with Gasteiger partial charge >= 0.3 is 0 Å². The van der Waals surface area contributed by atoms with E-state index in [0.717, 1.165) is 18.8 Å². The minimum Gasteiger partial charge on any atom is -0.372 e. The van der Waals surface area contributed by atoms with E-state index >= 15 is 0 Å². The predicted molar refractivity (Wildman–Crippen MR) is 112 cm³/mol. The molecular formula is C23H29N3O3. The summed E-state index contributed by atoms with van der Waals surface area (Å²) in [6, 6.07) is 7.94. The van der Waals surface area contributed by atoms with Gasteiger partial charge in [0.1, 0.15) is 0 Å². The smallest absolute Gasteiger partial charge is 0.233 e. The number of allylic oxidation sites excluding steroid dienone is 2. The lowest BCUT2D eigenvalue weighted by molar-refractivity contribution is -0.140. The van der Waals surface area contributed by atoms with Gasteiger partial charge in [-0.1, -0.05) is 25.0 Å². The number of hydrogen-bond acceptors (Lipinski definition) is 4. The molecule has 0 unspecified atom stereocenters. The van der Waals surface area contributed by atoms with Crippen molar-refractivity contribution in [2.75, 3.05) is 29.9 Å². The van der Waals surface area contributed by atoms with Crippen molar-refractivity contribution in [2.24, 2.45) is 11.8 Å². The molecule has 3 aliphatic rings. The zero-order valence-electron chi connectivity index (χ0n) is 16.8. The van der Waals surface area contributed by atoms with Crippen molar-refractivity contribution in [1.29, 1.82) is 0 Å². The van der Waals surface area contributed by atoms with Crippen molar-refractivity contribution in [3.63, 3.8) is 0 Å². The Hall–Kier alpha value is -2.63. The second kappa shape index (κ2) is 8.80. The zero-order chi connectivity index (χ0) is 20.2. The standard InChI is InChI=1S/C23H29N3O3/c27-21(13-16-26-22(28)19-7-3-4-8-20(19)23(26)29)24-17-9-11-18(12-10-17)25-14-5-1-2-6-15-25/h3-4,9-12,19-20H,1-2,5-8,13-16H2,(H,24,27)/t19-,20-/m0/s1. The lowest BCUT2D eigenvalue weighted by Crippen LogP contribution is -2.34. The molecule has 2 aliphatic heterocycles. The maximum absolute atomic E-state index is 12.5. The lowest BCUT2D eigenvalue weighted by atomic mass is 9.85. The number of anilines is 2. The van der Waals surface area contributed by atoms with Gasteiger partial charge in [-0.15, -0.1) is 0 Å². The first-order valence-corrected chi connectivity index (χ1v) is 10.8. The molecule has 6 heteroatoms. The summed E-state index contributed by atoms with van der Waals surface area (Å²) in [6.07, 6.45) is 10.4. The summed E-state index contributed by atoms with van der Waals surface area (Å²) >= 11 is 0. The molecule has 0 radical (unpaired) electrons. The summed E-state index contributed by atoms with van der Waals surface area (Å²) < 4.78 is 0. The number of likely N-dealkylation sites (tertiary alicyclic amines) is 1. The first-order chi connectivity index (χ1) is 14.1. The van der Waals surface area contributed by atoms with Gasteiger partial charge in [-0.3, -0.25) is 19.3 Å². The number of fused-ring (bicyclic) bond motifs is 1. The zero-order valence-corrected chi connectivity index (χ0v) is 16.8. The van der Waals surface area contributed by atoms with E-state index in [1.807, 2.05) is 36.4 Å². The second-order valence-corrected chi connectivity index (χ2v) is 8.23. The quantitative estimate of drug-likeness (QED) is 0.613. The summed E-state index contributed by atoms with van der Waals surface area (Å²) in [5.41, 5.74) is 1.93. The van der Waals surface area contributed by atoms with Crippen LogP contribution in [0.3, 0.4) is 0 Å². The van der Waals surface area contributed by atoms with Crippen molar-refractivity contribution in [3.05, 3.63) is 36.4 Å². The molecule has 29 heavy (non-hydrogen) atoms. The average molecular weight is 396 g/mol. The number of imide groups is 1. The minimum atomic E-state index is -0.234. The van der Waals surface area contributed by atoms with Gasteiger partial charge in [0, 0.05) is 37.4 Å². The van der Waals surface area contributed by atoms with Crippen LogP contribution in [0, 0.1) is 11.8 Å². The molecule has 3 amide bonds. The third-order valence-electron chi connectivity index (χ3n) is 6.28. The molecule has 2 atom stereocenters. The van der Waals surface area contributed by atoms with E-state index in [9.17, 15) is 14.4 Å². The highest BCUT2D eigenvalue weighted by Gasteiger charge is 2.46. The first kappa shape index (κ1) is 19.7. The van der Waals surface area contributed by atoms with Crippen LogP contribution >= 0.6 is 0 Å². The molecule has 0 bridgehead atoms. The Kier molecular flexibility index (Phi) is 5.97. The Bertz CT molecular complexity index is 768. The fourth-order valence-corrected chi connectivity index (χ4v) is 4.61. The average Bonchev–Trinajstić information content (AvgIpc) is 2.92. The van der Waals surface area contributed by atoms with E-state index in [1.54, 1.807) is 0 Å². The van der Waals surface area contributed by atoms with Crippen LogP contribution in [0.15, 0.2) is 36.4 Å². The SMILES string of the molecule is O=C(CCN1C(=O)[C@H]2CC=CC[C@@H]2C1=O)Nc1ccc(N2CCCCCC2)cc1. The molecule has 1 aliphatic carbocycles. The van der Waals surface area contributed by atoms with Crippen LogP contribution in [0.2, 0.25) is 0 Å². The molecule has 0 saturated carbocycles. The number of carbonyl (C=O) groups is 3. The fourth-order valence-electron chi connectivity index (χ4n) is 4.61. The molecular weight excluding hydrogens is 366 g/mol. The van der Waals surface area contributed by atoms with Gasteiger partial charge in [-0.05, 0) is 49.9 Å². The summed E-state index contributed by atoms with van der Waals surface area (Å²) in [5, 5.41) is 2.88. The Morgan fingerprint density at radius 1 is 0.897 bits per heavy atom. The Morgan fingerprint density at radius 3 is 2.07 bits per heavy atom. The van der Waals surface area contributed by atoms with Gasteiger partial charge in [0.25, 0.3) is 0 Å². The van der Waals surface area contributed by atoms with Gasteiger partial charge < -0.3 is 10.2 Å². The van der Waals surface area contributed by atoms with Crippen LogP contribution in [-0.4, -0.2) is 42.3 Å². The summed E-state index contributed by atoms with van der Waals surface area (Å²) in [7, 11) is 0. The van der Waals surface area contributed by atoms with Gasteiger partial charge in [0.2, 0.25) is 17.7 Å². The van der Waals surface area contributed by atoms with Crippen LogP contribution in [0.4, 0.5) is 11.4 Å². The molecule has 2 heterocycles. The summed E-state index contributed by atoms with van der Waals surface area (Å²) in [4.78, 5) is 41.0. The molecule has 2 saturated heterocycles. The van der Waals surface area contributed by atoms with E-state index in [4.69, 9.17) is 0 Å². The number of carbonyl (C=O) groups excluding carboxylic acids is 3. The molecule has 1 aromatic rings. The number of amides is 3. The molecule has 0 spiro atoms. The summed E-state index contributed by atoms with van der Waals surface area (Å²) in [6.45, 7) is 2.32. The highest BCUT2D eigenvalue weighted by molar-refractivity contribution is 6.05. The Morgan fingerprint density at radius 2 is 1.48 bits per heavy atom. The Labute approximate surface area is 171 Å². The largest absolute Gasteiger partial charge is 0.372 e. The van der Waals surface area contributed by atoms with Crippen LogP contribution < -0.4 is 10.2 Å². The highest BCUT2D eigenvalue weighted by Crippen LogP contribution is 2.35. The first-order valence-electron chi connectivity index (χ1n) is 10.8. The highest BCUT2D eigenvalue weighted by atomic mass is 16.2. The van der Waals surface area contributed by atoms with E-state index < -0.39 is 0 Å². The third-order valence-corrected chi connectivity index (χ3v) is 6.28. The molecule has 2 fully saturated rings. The molecule has 154 valence electrons. The third kappa shape index (κ3) is 4.36. The van der Waals surface area contributed by atoms with Crippen molar-refractivity contribution in [3.8, 4) is 0 Å². The minimum absolute atomic E-state index is 0.123. The second-order valence-electron chi connectivity index (χ2n) is 8.23. The summed E-state index contributed by atoms with van der Waals surface area (Å²) in [5.74, 6) is -0.900. The van der Waals surface area contributed by atoms with E-state index in [2.05, 4.69) is 10.2 Å². The van der Waals surface area contributed by atoms with Crippen LogP contribution in [0.5, 0.6) is 0 Å². The number of rotatable bonds is 5.